The molecule has 1 aliphatic heterocycles. The average molecular weight is 419 g/mol. The Morgan fingerprint density at radius 2 is 1.94 bits per heavy atom. The lowest BCUT2D eigenvalue weighted by Gasteiger charge is -2.32. The minimum atomic E-state index is -0.141. The van der Waals surface area contributed by atoms with Gasteiger partial charge in [-0.1, -0.05) is 12.1 Å². The average Bonchev–Trinajstić information content (AvgIpc) is 3.60. The highest BCUT2D eigenvalue weighted by atomic mass is 16.5. The summed E-state index contributed by atoms with van der Waals surface area (Å²) >= 11 is 0. The van der Waals surface area contributed by atoms with E-state index in [-0.39, 0.29) is 17.8 Å². The maximum atomic E-state index is 11.8. The van der Waals surface area contributed by atoms with Gasteiger partial charge >= 0.3 is 5.97 Å². The van der Waals surface area contributed by atoms with Crippen molar-refractivity contribution >= 4 is 34.6 Å². The fraction of sp³-hybridized carbons (Fsp3) is 0.409. The lowest BCUT2D eigenvalue weighted by molar-refractivity contribution is -0.142. The number of rotatable bonds is 5. The van der Waals surface area contributed by atoms with Gasteiger partial charge in [0.25, 0.3) is 0 Å². The zero-order chi connectivity index (χ0) is 21.4. The molecule has 0 unspecified atom stereocenters. The highest BCUT2D eigenvalue weighted by Gasteiger charge is 2.44. The molecule has 9 nitrogen and oxygen atoms in total. The summed E-state index contributed by atoms with van der Waals surface area (Å²) in [5, 5.41) is 3.41. The second-order valence-electron chi connectivity index (χ2n) is 8.11. The zero-order valence-electron chi connectivity index (χ0n) is 17.7. The zero-order valence-corrected chi connectivity index (χ0v) is 17.7. The molecule has 2 atom stereocenters. The number of carbonyl (C=O) groups is 1. The summed E-state index contributed by atoms with van der Waals surface area (Å²) in [6, 6.07) is 8.08. The second-order valence-corrected chi connectivity index (χ2v) is 8.11. The fourth-order valence-corrected chi connectivity index (χ4v) is 4.05. The molecule has 5 rings (SSSR count). The van der Waals surface area contributed by atoms with Crippen LogP contribution in [0.15, 0.2) is 36.7 Å². The number of methoxy groups -OCH3 is 1. The molecule has 1 N–H and O–H groups in total. The van der Waals surface area contributed by atoms with Crippen molar-refractivity contribution in [3.8, 4) is 0 Å². The smallest absolute Gasteiger partial charge is 0.309 e. The second kappa shape index (κ2) is 8.07. The van der Waals surface area contributed by atoms with Crippen LogP contribution >= 0.6 is 0 Å². The Morgan fingerprint density at radius 3 is 2.74 bits per heavy atom. The van der Waals surface area contributed by atoms with E-state index >= 15 is 0 Å². The number of anilines is 3. The van der Waals surface area contributed by atoms with Crippen LogP contribution in [0.1, 0.15) is 17.9 Å². The molecule has 9 heteroatoms. The van der Waals surface area contributed by atoms with Gasteiger partial charge in [-0.2, -0.15) is 9.97 Å². The van der Waals surface area contributed by atoms with Crippen LogP contribution in [-0.4, -0.2) is 71.1 Å². The van der Waals surface area contributed by atoms with Crippen LogP contribution in [0.4, 0.5) is 17.5 Å². The van der Waals surface area contributed by atoms with Gasteiger partial charge in [-0.15, -0.1) is 0 Å². The summed E-state index contributed by atoms with van der Waals surface area (Å²) in [5.41, 5.74) is 3.20. The van der Waals surface area contributed by atoms with Crippen molar-refractivity contribution in [1.82, 2.24) is 24.8 Å². The number of nitrogens with zero attached hydrogens (tertiary/aromatic N) is 6. The van der Waals surface area contributed by atoms with E-state index in [2.05, 4.69) is 43.2 Å². The molecule has 1 saturated heterocycles. The van der Waals surface area contributed by atoms with Crippen LogP contribution in [0.25, 0.3) is 11.2 Å². The molecule has 0 amide bonds. The highest BCUT2D eigenvalue weighted by Crippen LogP contribution is 2.48. The van der Waals surface area contributed by atoms with Gasteiger partial charge in [-0.3, -0.25) is 4.79 Å². The quantitative estimate of drug-likeness (QED) is 0.624. The van der Waals surface area contributed by atoms with Crippen molar-refractivity contribution in [1.29, 1.82) is 0 Å². The number of hydrogen-bond acceptors (Lipinski definition) is 9. The SMILES string of the molecule is COC(=O)[C@@H]1C[C@H]1c1cccc(Nc2nc(N3CCN(C)CC3)nc3nccnc23)c1. The largest absolute Gasteiger partial charge is 0.469 e. The molecule has 1 aromatic carbocycles. The van der Waals surface area contributed by atoms with Crippen LogP contribution in [-0.2, 0) is 9.53 Å². The van der Waals surface area contributed by atoms with E-state index in [0.717, 1.165) is 43.9 Å². The molecule has 3 aromatic rings. The molecule has 31 heavy (non-hydrogen) atoms. The fourth-order valence-electron chi connectivity index (χ4n) is 4.05. The Labute approximate surface area is 180 Å². The number of likely N-dealkylation sites (N-methyl/N-ethyl adjacent to an activating group) is 1. The summed E-state index contributed by atoms with van der Waals surface area (Å²) < 4.78 is 4.88. The number of benzene rings is 1. The molecule has 2 aromatic heterocycles. The normalized spacial score (nSPS) is 21.2. The molecule has 2 fully saturated rings. The van der Waals surface area contributed by atoms with E-state index in [0.29, 0.717) is 22.9 Å². The number of carbonyl (C=O) groups excluding carboxylic acids is 1. The van der Waals surface area contributed by atoms with Gasteiger partial charge in [0, 0.05) is 44.3 Å². The number of piperazine rings is 1. The minimum Gasteiger partial charge on any atom is -0.469 e. The topological polar surface area (TPSA) is 96.4 Å². The maximum Gasteiger partial charge on any atom is 0.309 e. The van der Waals surface area contributed by atoms with Gasteiger partial charge in [0.05, 0.1) is 13.0 Å². The summed E-state index contributed by atoms with van der Waals surface area (Å²) in [6.45, 7) is 3.67. The van der Waals surface area contributed by atoms with Gasteiger partial charge in [0.1, 0.15) is 0 Å². The van der Waals surface area contributed by atoms with E-state index in [4.69, 9.17) is 9.72 Å². The van der Waals surface area contributed by atoms with Crippen LogP contribution in [0.5, 0.6) is 0 Å². The molecule has 1 aliphatic carbocycles. The third-order valence-corrected chi connectivity index (χ3v) is 5.98. The number of fused-ring (bicyclic) bond motifs is 1. The van der Waals surface area contributed by atoms with E-state index in [1.807, 2.05) is 18.2 Å². The third-order valence-electron chi connectivity index (χ3n) is 5.98. The number of nitrogens with one attached hydrogen (secondary N) is 1. The third kappa shape index (κ3) is 4.00. The first kappa shape index (κ1) is 19.6. The number of aromatic nitrogens is 4. The van der Waals surface area contributed by atoms with Crippen molar-refractivity contribution in [2.24, 2.45) is 5.92 Å². The van der Waals surface area contributed by atoms with Crippen molar-refractivity contribution in [3.63, 3.8) is 0 Å². The van der Waals surface area contributed by atoms with Crippen molar-refractivity contribution < 1.29 is 9.53 Å². The van der Waals surface area contributed by atoms with Crippen LogP contribution in [0.2, 0.25) is 0 Å². The van der Waals surface area contributed by atoms with E-state index in [9.17, 15) is 4.79 Å². The number of ether oxygens (including phenoxy) is 1. The molecule has 2 aliphatic rings. The molecule has 1 saturated carbocycles. The summed E-state index contributed by atoms with van der Waals surface area (Å²) in [4.78, 5) is 34.6. The Kier molecular flexibility index (Phi) is 5.11. The summed E-state index contributed by atoms with van der Waals surface area (Å²) in [7, 11) is 3.56. The van der Waals surface area contributed by atoms with Gasteiger partial charge in [0.15, 0.2) is 17.0 Å². The number of hydrogen-bond donors (Lipinski definition) is 1. The lowest BCUT2D eigenvalue weighted by atomic mass is 10.1. The van der Waals surface area contributed by atoms with Crippen molar-refractivity contribution in [2.45, 2.75) is 12.3 Å². The number of esters is 1. The van der Waals surface area contributed by atoms with Crippen LogP contribution < -0.4 is 10.2 Å². The molecule has 0 bridgehead atoms. The lowest BCUT2D eigenvalue weighted by Crippen LogP contribution is -2.45. The monoisotopic (exact) mass is 419 g/mol. The Hall–Kier alpha value is -3.33. The van der Waals surface area contributed by atoms with E-state index < -0.39 is 0 Å². The first-order valence-corrected chi connectivity index (χ1v) is 10.5. The molecule has 160 valence electrons. The summed E-state index contributed by atoms with van der Waals surface area (Å²) in [6.07, 6.45) is 4.12. The van der Waals surface area contributed by atoms with Crippen LogP contribution in [0, 0.1) is 5.92 Å². The minimum absolute atomic E-state index is 0.0465. The first-order chi connectivity index (χ1) is 15.1. The van der Waals surface area contributed by atoms with Crippen molar-refractivity contribution in [3.05, 3.63) is 42.2 Å². The van der Waals surface area contributed by atoms with E-state index in [1.165, 1.54) is 7.11 Å². The van der Waals surface area contributed by atoms with Crippen molar-refractivity contribution in [2.75, 3.05) is 50.6 Å². The molecule has 0 spiro atoms. The van der Waals surface area contributed by atoms with Gasteiger partial charge in [-0.05, 0) is 37.1 Å². The van der Waals surface area contributed by atoms with E-state index in [1.54, 1.807) is 12.4 Å². The molecule has 0 radical (unpaired) electrons. The predicted octanol–water partition coefficient (Wildman–Crippen LogP) is 2.19. The Balaban J connectivity index is 1.44. The predicted molar refractivity (Wildman–Crippen MR) is 117 cm³/mol. The molecular formula is C22H25N7O2. The Morgan fingerprint density at radius 1 is 1.13 bits per heavy atom. The highest BCUT2D eigenvalue weighted by molar-refractivity contribution is 5.86. The van der Waals surface area contributed by atoms with Gasteiger partial charge < -0.3 is 19.9 Å². The molecule has 3 heterocycles. The van der Waals surface area contributed by atoms with Gasteiger partial charge in [-0.25, -0.2) is 9.97 Å². The first-order valence-electron chi connectivity index (χ1n) is 10.5. The standard InChI is InChI=1S/C22H25N7O2/c1-28-8-10-29(11-9-28)22-26-19-18(23-6-7-24-19)20(27-22)25-15-5-3-4-14(12-15)16-13-17(16)21(30)31-2/h3-7,12,16-17H,8-11,13H2,1-2H3,(H,24,25,26,27)/t16-,17+/m0/s1. The van der Waals surface area contributed by atoms with Crippen LogP contribution in [0.3, 0.4) is 0 Å². The maximum absolute atomic E-state index is 11.8. The summed E-state index contributed by atoms with van der Waals surface area (Å²) in [5.74, 6) is 1.31. The Bertz CT molecular complexity index is 1110. The van der Waals surface area contributed by atoms with Gasteiger partial charge in [0.2, 0.25) is 5.95 Å². The molecular weight excluding hydrogens is 394 g/mol.